The molecular weight excluding hydrogens is 317 g/mol. The van der Waals surface area contributed by atoms with Crippen molar-refractivity contribution in [2.75, 3.05) is 6.54 Å². The Morgan fingerprint density at radius 3 is 2.88 bits per heavy atom. The minimum Gasteiger partial charge on any atom is -0.341 e. The second-order valence-corrected chi connectivity index (χ2v) is 7.94. The fraction of sp³-hybridized carbons (Fsp3) is 0.474. The van der Waals surface area contributed by atoms with Crippen LogP contribution in [0.25, 0.3) is 11.0 Å². The van der Waals surface area contributed by atoms with Gasteiger partial charge in [-0.15, -0.1) is 0 Å². The second-order valence-electron chi connectivity index (χ2n) is 7.94. The molecular formula is C19H24FN5. The van der Waals surface area contributed by atoms with Crippen LogP contribution in [0.3, 0.4) is 0 Å². The van der Waals surface area contributed by atoms with Gasteiger partial charge in [-0.2, -0.15) is 5.10 Å². The topological polar surface area (TPSA) is 60.6 Å². The summed E-state index contributed by atoms with van der Waals surface area (Å²) in [4.78, 5) is 10.4. The van der Waals surface area contributed by atoms with Crippen LogP contribution in [-0.4, -0.2) is 31.6 Å². The SMILES string of the molecule is CC(C)(C)c1cc(CN2CCC[C@@H]2c2nc3ccc(F)cc3[nH]2)[nH]n1. The Kier molecular flexibility index (Phi) is 3.87. The molecule has 0 amide bonds. The molecule has 1 aliphatic heterocycles. The number of imidazole rings is 1. The standard InChI is InChI=1S/C19H24FN5/c1-19(2,3)17-10-13(23-24-17)11-25-8-4-5-16(25)18-21-14-7-6-12(20)9-15(14)22-18/h6-7,9-10,16H,4-5,8,11H2,1-3H3,(H,21,22)(H,23,24)/t16-/m1/s1. The Morgan fingerprint density at radius 1 is 1.28 bits per heavy atom. The monoisotopic (exact) mass is 341 g/mol. The molecule has 5 nitrogen and oxygen atoms in total. The Balaban J connectivity index is 1.56. The van der Waals surface area contributed by atoms with Crippen molar-refractivity contribution < 1.29 is 4.39 Å². The highest BCUT2D eigenvalue weighted by Gasteiger charge is 2.29. The third kappa shape index (κ3) is 3.18. The van der Waals surface area contributed by atoms with E-state index < -0.39 is 0 Å². The van der Waals surface area contributed by atoms with Crippen molar-refractivity contribution in [3.05, 3.63) is 47.3 Å². The number of nitrogens with zero attached hydrogens (tertiary/aromatic N) is 3. The van der Waals surface area contributed by atoms with Gasteiger partial charge in [-0.05, 0) is 43.7 Å². The molecule has 132 valence electrons. The lowest BCUT2D eigenvalue weighted by Crippen LogP contribution is -2.23. The normalized spacial score (nSPS) is 19.1. The molecule has 1 fully saturated rings. The number of nitrogens with one attached hydrogen (secondary N) is 2. The van der Waals surface area contributed by atoms with Gasteiger partial charge in [0.15, 0.2) is 0 Å². The summed E-state index contributed by atoms with van der Waals surface area (Å²) in [7, 11) is 0. The quantitative estimate of drug-likeness (QED) is 0.755. The lowest BCUT2D eigenvalue weighted by atomic mass is 9.92. The van der Waals surface area contributed by atoms with Gasteiger partial charge in [0.25, 0.3) is 0 Å². The minimum absolute atomic E-state index is 0.0436. The zero-order valence-electron chi connectivity index (χ0n) is 14.9. The van der Waals surface area contributed by atoms with Gasteiger partial charge in [-0.1, -0.05) is 20.8 Å². The molecule has 0 bridgehead atoms. The van der Waals surface area contributed by atoms with Crippen LogP contribution in [0.1, 0.15) is 56.9 Å². The Hall–Kier alpha value is -2.21. The van der Waals surface area contributed by atoms with Gasteiger partial charge in [0.05, 0.1) is 22.8 Å². The van der Waals surface area contributed by atoms with Gasteiger partial charge in [-0.25, -0.2) is 9.37 Å². The largest absolute Gasteiger partial charge is 0.341 e. The molecule has 2 aromatic heterocycles. The minimum atomic E-state index is -0.238. The lowest BCUT2D eigenvalue weighted by molar-refractivity contribution is 0.238. The molecule has 1 saturated heterocycles. The third-order valence-electron chi connectivity index (χ3n) is 4.91. The van der Waals surface area contributed by atoms with E-state index in [1.54, 1.807) is 6.07 Å². The molecule has 1 atom stereocenters. The van der Waals surface area contributed by atoms with Crippen LogP contribution in [0.5, 0.6) is 0 Å². The second kappa shape index (κ2) is 5.95. The average molecular weight is 341 g/mol. The molecule has 1 aromatic carbocycles. The number of hydrogen-bond donors (Lipinski definition) is 2. The van der Waals surface area contributed by atoms with Crippen LogP contribution in [0, 0.1) is 5.82 Å². The molecule has 0 unspecified atom stereocenters. The number of likely N-dealkylation sites (tertiary alicyclic amines) is 1. The number of aromatic amines is 2. The van der Waals surface area contributed by atoms with Gasteiger partial charge in [0, 0.05) is 17.7 Å². The molecule has 0 spiro atoms. The maximum atomic E-state index is 13.4. The summed E-state index contributed by atoms with van der Waals surface area (Å²) >= 11 is 0. The summed E-state index contributed by atoms with van der Waals surface area (Å²) in [5.41, 5.74) is 3.83. The number of H-pyrrole nitrogens is 2. The molecule has 3 heterocycles. The average Bonchev–Trinajstić information content (AvgIpc) is 3.24. The van der Waals surface area contributed by atoms with Gasteiger partial charge >= 0.3 is 0 Å². The predicted octanol–water partition coefficient (Wildman–Crippen LogP) is 4.06. The van der Waals surface area contributed by atoms with Crippen molar-refractivity contribution in [2.24, 2.45) is 0 Å². The summed E-state index contributed by atoms with van der Waals surface area (Å²) in [6, 6.07) is 7.09. The lowest BCUT2D eigenvalue weighted by Gasteiger charge is -2.22. The summed E-state index contributed by atoms with van der Waals surface area (Å²) in [6.07, 6.45) is 2.19. The van der Waals surface area contributed by atoms with Crippen LogP contribution in [0.4, 0.5) is 4.39 Å². The van der Waals surface area contributed by atoms with Crippen molar-refractivity contribution in [1.29, 1.82) is 0 Å². The number of hydrogen-bond acceptors (Lipinski definition) is 3. The highest BCUT2D eigenvalue weighted by atomic mass is 19.1. The Bertz CT molecular complexity index is 889. The van der Waals surface area contributed by atoms with E-state index >= 15 is 0 Å². The Labute approximate surface area is 146 Å². The smallest absolute Gasteiger partial charge is 0.125 e. The van der Waals surface area contributed by atoms with Crippen LogP contribution in [0.2, 0.25) is 0 Å². The first-order valence-corrected chi connectivity index (χ1v) is 8.84. The van der Waals surface area contributed by atoms with Crippen LogP contribution in [0.15, 0.2) is 24.3 Å². The van der Waals surface area contributed by atoms with E-state index in [9.17, 15) is 4.39 Å². The van der Waals surface area contributed by atoms with E-state index in [1.807, 2.05) is 0 Å². The zero-order valence-corrected chi connectivity index (χ0v) is 14.9. The molecule has 2 N–H and O–H groups in total. The number of aromatic nitrogens is 4. The summed E-state index contributed by atoms with van der Waals surface area (Å²) in [5.74, 6) is 0.687. The first-order chi connectivity index (χ1) is 11.9. The van der Waals surface area contributed by atoms with E-state index in [2.05, 4.69) is 51.9 Å². The van der Waals surface area contributed by atoms with Crippen molar-refractivity contribution >= 4 is 11.0 Å². The Morgan fingerprint density at radius 2 is 2.12 bits per heavy atom. The molecule has 4 rings (SSSR count). The predicted molar refractivity (Wildman–Crippen MR) is 95.7 cm³/mol. The third-order valence-corrected chi connectivity index (χ3v) is 4.91. The van der Waals surface area contributed by atoms with Crippen LogP contribution < -0.4 is 0 Å². The van der Waals surface area contributed by atoms with Gasteiger partial charge in [0.2, 0.25) is 0 Å². The maximum absolute atomic E-state index is 13.4. The first kappa shape index (κ1) is 16.3. The molecule has 3 aromatic rings. The number of benzene rings is 1. The van der Waals surface area contributed by atoms with Crippen molar-refractivity contribution in [1.82, 2.24) is 25.1 Å². The highest BCUT2D eigenvalue weighted by Crippen LogP contribution is 2.33. The van der Waals surface area contributed by atoms with E-state index in [-0.39, 0.29) is 17.3 Å². The summed E-state index contributed by atoms with van der Waals surface area (Å²) < 4.78 is 13.4. The highest BCUT2D eigenvalue weighted by molar-refractivity contribution is 5.75. The van der Waals surface area contributed by atoms with E-state index in [1.165, 1.54) is 12.1 Å². The molecule has 0 saturated carbocycles. The maximum Gasteiger partial charge on any atom is 0.125 e. The van der Waals surface area contributed by atoms with Gasteiger partial charge in [0.1, 0.15) is 11.6 Å². The molecule has 6 heteroatoms. The number of halogens is 1. The summed E-state index contributed by atoms with van der Waals surface area (Å²) in [6.45, 7) is 8.34. The van der Waals surface area contributed by atoms with Crippen molar-refractivity contribution in [3.63, 3.8) is 0 Å². The molecule has 25 heavy (non-hydrogen) atoms. The number of rotatable bonds is 3. The van der Waals surface area contributed by atoms with Gasteiger partial charge < -0.3 is 4.98 Å². The summed E-state index contributed by atoms with van der Waals surface area (Å²) in [5, 5.41) is 7.63. The first-order valence-electron chi connectivity index (χ1n) is 8.84. The van der Waals surface area contributed by atoms with Crippen LogP contribution in [-0.2, 0) is 12.0 Å². The number of fused-ring (bicyclic) bond motifs is 1. The molecule has 0 radical (unpaired) electrons. The van der Waals surface area contributed by atoms with Crippen LogP contribution >= 0.6 is 0 Å². The van der Waals surface area contributed by atoms with E-state index in [4.69, 9.17) is 0 Å². The van der Waals surface area contributed by atoms with Crippen molar-refractivity contribution in [3.8, 4) is 0 Å². The van der Waals surface area contributed by atoms with Gasteiger partial charge in [-0.3, -0.25) is 10.00 Å². The fourth-order valence-electron chi connectivity index (χ4n) is 3.53. The fourth-order valence-corrected chi connectivity index (χ4v) is 3.53. The molecule has 1 aliphatic rings. The van der Waals surface area contributed by atoms with E-state index in [0.29, 0.717) is 0 Å². The molecule has 0 aliphatic carbocycles. The zero-order chi connectivity index (χ0) is 17.6. The van der Waals surface area contributed by atoms with E-state index in [0.717, 1.165) is 54.2 Å². The van der Waals surface area contributed by atoms with Crippen molar-refractivity contribution in [2.45, 2.75) is 51.6 Å².